The van der Waals surface area contributed by atoms with E-state index in [9.17, 15) is 14.4 Å². The Morgan fingerprint density at radius 2 is 1.86 bits per heavy atom. The molecular formula is C23H24N2O4. The minimum Gasteiger partial charge on any atom is -0.493 e. The second-order valence-corrected chi connectivity index (χ2v) is 7.62. The Hall–Kier alpha value is -3.15. The molecule has 0 radical (unpaired) electrons. The smallest absolute Gasteiger partial charge is 0.261 e. The Balaban J connectivity index is 1.23. The molecule has 6 heteroatoms. The first-order valence-corrected chi connectivity index (χ1v) is 10.0. The van der Waals surface area contributed by atoms with Crippen molar-refractivity contribution in [2.45, 2.75) is 38.6 Å². The lowest BCUT2D eigenvalue weighted by molar-refractivity contribution is -0.121. The van der Waals surface area contributed by atoms with Crippen LogP contribution >= 0.6 is 0 Å². The Labute approximate surface area is 169 Å². The van der Waals surface area contributed by atoms with E-state index in [0.717, 1.165) is 25.2 Å². The van der Waals surface area contributed by atoms with Gasteiger partial charge in [-0.25, -0.2) is 0 Å². The maximum atomic E-state index is 12.3. The molecule has 0 saturated heterocycles. The van der Waals surface area contributed by atoms with Gasteiger partial charge in [-0.1, -0.05) is 24.3 Å². The third kappa shape index (κ3) is 4.01. The van der Waals surface area contributed by atoms with Gasteiger partial charge in [-0.2, -0.15) is 0 Å². The molecule has 6 nitrogen and oxygen atoms in total. The van der Waals surface area contributed by atoms with E-state index in [0.29, 0.717) is 17.5 Å². The van der Waals surface area contributed by atoms with E-state index in [-0.39, 0.29) is 36.7 Å². The van der Waals surface area contributed by atoms with Gasteiger partial charge in [0.05, 0.1) is 17.7 Å². The van der Waals surface area contributed by atoms with Crippen molar-refractivity contribution in [3.63, 3.8) is 0 Å². The number of imide groups is 1. The second-order valence-electron chi connectivity index (χ2n) is 7.62. The lowest BCUT2D eigenvalue weighted by atomic mass is 10.0. The van der Waals surface area contributed by atoms with Crippen molar-refractivity contribution in [3.8, 4) is 5.75 Å². The number of rotatable bonds is 7. The number of ether oxygens (including phenoxy) is 1. The lowest BCUT2D eigenvalue weighted by Crippen LogP contribution is -2.35. The molecular weight excluding hydrogens is 368 g/mol. The van der Waals surface area contributed by atoms with Crippen LogP contribution in [-0.2, 0) is 17.6 Å². The van der Waals surface area contributed by atoms with Crippen LogP contribution in [0.5, 0.6) is 5.75 Å². The van der Waals surface area contributed by atoms with Gasteiger partial charge >= 0.3 is 0 Å². The molecule has 2 heterocycles. The summed E-state index contributed by atoms with van der Waals surface area (Å²) in [5.74, 6) is 0.331. The molecule has 0 spiro atoms. The number of hydrogen-bond acceptors (Lipinski definition) is 4. The molecule has 4 rings (SSSR count). The zero-order chi connectivity index (χ0) is 20.4. The van der Waals surface area contributed by atoms with E-state index in [1.165, 1.54) is 16.0 Å². The molecule has 0 saturated carbocycles. The molecule has 2 aromatic rings. The highest BCUT2D eigenvalue weighted by Gasteiger charge is 2.34. The quantitative estimate of drug-likeness (QED) is 0.735. The topological polar surface area (TPSA) is 75.7 Å². The van der Waals surface area contributed by atoms with Crippen LogP contribution in [-0.4, -0.2) is 41.8 Å². The summed E-state index contributed by atoms with van der Waals surface area (Å²) in [7, 11) is 0. The summed E-state index contributed by atoms with van der Waals surface area (Å²) in [6.07, 6.45) is 2.40. The number of hydrogen-bond donors (Lipinski definition) is 1. The first kappa shape index (κ1) is 19.2. The molecule has 1 N–H and O–H groups in total. The van der Waals surface area contributed by atoms with E-state index < -0.39 is 0 Å². The fourth-order valence-electron chi connectivity index (χ4n) is 3.96. The number of amides is 3. The van der Waals surface area contributed by atoms with Crippen molar-refractivity contribution in [3.05, 3.63) is 64.7 Å². The zero-order valence-electron chi connectivity index (χ0n) is 16.4. The molecule has 29 heavy (non-hydrogen) atoms. The summed E-state index contributed by atoms with van der Waals surface area (Å²) in [6.45, 7) is 2.96. The summed E-state index contributed by atoms with van der Waals surface area (Å²) in [6, 6.07) is 13.0. The van der Waals surface area contributed by atoms with Crippen molar-refractivity contribution in [2.75, 3.05) is 13.2 Å². The summed E-state index contributed by atoms with van der Waals surface area (Å²) in [5, 5.41) is 3.00. The highest BCUT2D eigenvalue weighted by Crippen LogP contribution is 2.26. The molecule has 2 aromatic carbocycles. The molecule has 1 unspecified atom stereocenters. The highest BCUT2D eigenvalue weighted by molar-refractivity contribution is 6.21. The molecule has 0 fully saturated rings. The Morgan fingerprint density at radius 3 is 2.59 bits per heavy atom. The van der Waals surface area contributed by atoms with Gasteiger partial charge in [-0.3, -0.25) is 19.3 Å². The van der Waals surface area contributed by atoms with Gasteiger partial charge in [0.25, 0.3) is 11.8 Å². The average molecular weight is 392 g/mol. The first-order chi connectivity index (χ1) is 14.0. The SMILES string of the molecule is CC(Cc1ccc2c(c1)CCO2)NC(=O)CCCN1C(=O)c2ccccc2C1=O. The summed E-state index contributed by atoms with van der Waals surface area (Å²) >= 11 is 0. The summed E-state index contributed by atoms with van der Waals surface area (Å²) < 4.78 is 5.52. The zero-order valence-corrected chi connectivity index (χ0v) is 16.4. The van der Waals surface area contributed by atoms with Crippen molar-refractivity contribution in [1.82, 2.24) is 10.2 Å². The van der Waals surface area contributed by atoms with Gasteiger partial charge in [0.1, 0.15) is 5.75 Å². The van der Waals surface area contributed by atoms with E-state index in [1.807, 2.05) is 19.1 Å². The van der Waals surface area contributed by atoms with Gasteiger partial charge in [0.2, 0.25) is 5.91 Å². The van der Waals surface area contributed by atoms with Crippen LogP contribution in [0.15, 0.2) is 42.5 Å². The van der Waals surface area contributed by atoms with E-state index in [2.05, 4.69) is 11.4 Å². The van der Waals surface area contributed by atoms with Crippen LogP contribution < -0.4 is 10.1 Å². The third-order valence-electron chi connectivity index (χ3n) is 5.37. The Morgan fingerprint density at radius 1 is 1.14 bits per heavy atom. The van der Waals surface area contributed by atoms with E-state index in [1.54, 1.807) is 24.3 Å². The van der Waals surface area contributed by atoms with Crippen LogP contribution in [0.2, 0.25) is 0 Å². The maximum absolute atomic E-state index is 12.3. The average Bonchev–Trinajstić information content (AvgIpc) is 3.26. The van der Waals surface area contributed by atoms with Crippen molar-refractivity contribution in [2.24, 2.45) is 0 Å². The lowest BCUT2D eigenvalue weighted by Gasteiger charge is -2.16. The van der Waals surface area contributed by atoms with Gasteiger partial charge in [0.15, 0.2) is 0 Å². The molecule has 0 aromatic heterocycles. The molecule has 3 amide bonds. The van der Waals surface area contributed by atoms with Crippen LogP contribution in [0.3, 0.4) is 0 Å². The largest absolute Gasteiger partial charge is 0.493 e. The standard InChI is InChI=1S/C23H24N2O4/c1-15(13-16-8-9-20-17(14-16)10-12-29-20)24-21(26)7-4-11-25-22(27)18-5-2-3-6-19(18)23(25)28/h2-3,5-6,8-9,14-15H,4,7,10-13H2,1H3,(H,24,26). The number of nitrogens with one attached hydrogen (secondary N) is 1. The van der Waals surface area contributed by atoms with E-state index >= 15 is 0 Å². The third-order valence-corrected chi connectivity index (χ3v) is 5.37. The van der Waals surface area contributed by atoms with Crippen LogP contribution in [0.4, 0.5) is 0 Å². The molecule has 1 atom stereocenters. The second kappa shape index (κ2) is 8.07. The fraction of sp³-hybridized carbons (Fsp3) is 0.348. The molecule has 0 aliphatic carbocycles. The predicted molar refractivity (Wildman–Crippen MR) is 108 cm³/mol. The van der Waals surface area contributed by atoms with Gasteiger partial charge in [-0.05, 0) is 49.1 Å². The molecule has 150 valence electrons. The summed E-state index contributed by atoms with van der Waals surface area (Å²) in [4.78, 5) is 38.2. The maximum Gasteiger partial charge on any atom is 0.261 e. The first-order valence-electron chi connectivity index (χ1n) is 10.0. The van der Waals surface area contributed by atoms with E-state index in [4.69, 9.17) is 4.74 Å². The monoisotopic (exact) mass is 392 g/mol. The van der Waals surface area contributed by atoms with Gasteiger partial charge in [0, 0.05) is 25.4 Å². The number of nitrogens with zero attached hydrogens (tertiary/aromatic N) is 1. The van der Waals surface area contributed by atoms with Crippen LogP contribution in [0.1, 0.15) is 51.6 Å². The minimum atomic E-state index is -0.278. The molecule has 0 bridgehead atoms. The molecule has 2 aliphatic heterocycles. The van der Waals surface area contributed by atoms with Crippen molar-refractivity contribution >= 4 is 17.7 Å². The fourth-order valence-corrected chi connectivity index (χ4v) is 3.96. The van der Waals surface area contributed by atoms with Crippen molar-refractivity contribution < 1.29 is 19.1 Å². The molecule has 2 aliphatic rings. The number of fused-ring (bicyclic) bond motifs is 2. The number of carbonyl (C=O) groups is 3. The number of carbonyl (C=O) groups excluding carboxylic acids is 3. The number of benzene rings is 2. The predicted octanol–water partition coefficient (Wildman–Crippen LogP) is 2.75. The summed E-state index contributed by atoms with van der Waals surface area (Å²) in [5.41, 5.74) is 3.28. The van der Waals surface area contributed by atoms with Gasteiger partial charge in [-0.15, -0.1) is 0 Å². The van der Waals surface area contributed by atoms with Crippen molar-refractivity contribution in [1.29, 1.82) is 0 Å². The normalized spacial score (nSPS) is 15.7. The van der Waals surface area contributed by atoms with Crippen LogP contribution in [0.25, 0.3) is 0 Å². The highest BCUT2D eigenvalue weighted by atomic mass is 16.5. The van der Waals surface area contributed by atoms with Crippen LogP contribution in [0, 0.1) is 0 Å². The Kier molecular flexibility index (Phi) is 5.34. The minimum absolute atomic E-state index is 0.00202. The van der Waals surface area contributed by atoms with Gasteiger partial charge < -0.3 is 10.1 Å². The Bertz CT molecular complexity index is 934.